The molecule has 1 aliphatic rings. The van der Waals surface area contributed by atoms with Crippen LogP contribution in [0.3, 0.4) is 0 Å². The summed E-state index contributed by atoms with van der Waals surface area (Å²) < 4.78 is 5.21. The van der Waals surface area contributed by atoms with E-state index in [9.17, 15) is 5.11 Å². The minimum Gasteiger partial charge on any atom is -0.389 e. The summed E-state index contributed by atoms with van der Waals surface area (Å²) in [5, 5.41) is 9.37. The minimum absolute atomic E-state index is 0.313. The van der Waals surface area contributed by atoms with Crippen LogP contribution < -0.4 is 0 Å². The molecule has 1 atom stereocenters. The SMILES string of the molecule is OC1COCCN(CCCS)C1. The molecule has 0 saturated carbocycles. The molecule has 0 aromatic rings. The van der Waals surface area contributed by atoms with Crippen molar-refractivity contribution in [1.29, 1.82) is 0 Å². The summed E-state index contributed by atoms with van der Waals surface area (Å²) in [6.07, 6.45) is 0.767. The van der Waals surface area contributed by atoms with Crippen LogP contribution in [0.4, 0.5) is 0 Å². The molecule has 0 aromatic carbocycles. The monoisotopic (exact) mass is 191 g/mol. The smallest absolute Gasteiger partial charge is 0.0900 e. The Labute approximate surface area is 79.1 Å². The molecule has 12 heavy (non-hydrogen) atoms. The molecule has 0 bridgehead atoms. The first-order valence-corrected chi connectivity index (χ1v) is 5.05. The van der Waals surface area contributed by atoms with E-state index in [1.807, 2.05) is 0 Å². The highest BCUT2D eigenvalue weighted by Crippen LogP contribution is 2.01. The molecule has 1 rings (SSSR count). The number of ether oxygens (including phenoxy) is 1. The summed E-state index contributed by atoms with van der Waals surface area (Å²) in [6, 6.07) is 0. The van der Waals surface area contributed by atoms with Gasteiger partial charge in [-0.1, -0.05) is 0 Å². The fourth-order valence-corrected chi connectivity index (χ4v) is 1.49. The summed E-state index contributed by atoms with van der Waals surface area (Å²) in [5.41, 5.74) is 0. The molecule has 0 aromatic heterocycles. The maximum absolute atomic E-state index is 9.37. The Hall–Kier alpha value is 0.230. The average molecular weight is 191 g/mol. The van der Waals surface area contributed by atoms with Gasteiger partial charge in [0.25, 0.3) is 0 Å². The molecule has 0 aliphatic carbocycles. The molecule has 1 heterocycles. The minimum atomic E-state index is -0.313. The number of aliphatic hydroxyl groups is 1. The van der Waals surface area contributed by atoms with Gasteiger partial charge in [-0.3, -0.25) is 4.90 Å². The number of hydrogen-bond acceptors (Lipinski definition) is 4. The van der Waals surface area contributed by atoms with E-state index in [0.717, 1.165) is 38.4 Å². The first-order chi connectivity index (χ1) is 5.83. The third-order valence-corrected chi connectivity index (χ3v) is 2.28. The predicted molar refractivity (Wildman–Crippen MR) is 51.7 cm³/mol. The van der Waals surface area contributed by atoms with Crippen molar-refractivity contribution in [2.75, 3.05) is 38.6 Å². The lowest BCUT2D eigenvalue weighted by molar-refractivity contribution is 0.0565. The molecular formula is C8H17NO2S. The molecule has 4 heteroatoms. The number of rotatable bonds is 3. The lowest BCUT2D eigenvalue weighted by atomic mass is 10.3. The van der Waals surface area contributed by atoms with Crippen LogP contribution in [0.1, 0.15) is 6.42 Å². The highest BCUT2D eigenvalue weighted by Gasteiger charge is 2.14. The van der Waals surface area contributed by atoms with E-state index < -0.39 is 0 Å². The first-order valence-electron chi connectivity index (χ1n) is 4.42. The van der Waals surface area contributed by atoms with E-state index in [0.29, 0.717) is 6.61 Å². The average Bonchev–Trinajstić information content (AvgIpc) is 2.26. The largest absolute Gasteiger partial charge is 0.389 e. The number of aliphatic hydroxyl groups excluding tert-OH is 1. The topological polar surface area (TPSA) is 32.7 Å². The number of nitrogens with zero attached hydrogens (tertiary/aromatic N) is 1. The van der Waals surface area contributed by atoms with E-state index >= 15 is 0 Å². The van der Waals surface area contributed by atoms with Crippen molar-refractivity contribution >= 4 is 12.6 Å². The van der Waals surface area contributed by atoms with Crippen LogP contribution in [0.25, 0.3) is 0 Å². The molecular weight excluding hydrogens is 174 g/mol. The van der Waals surface area contributed by atoms with Crippen molar-refractivity contribution in [3.05, 3.63) is 0 Å². The van der Waals surface area contributed by atoms with Crippen LogP contribution in [0.5, 0.6) is 0 Å². The van der Waals surface area contributed by atoms with Crippen molar-refractivity contribution in [2.24, 2.45) is 0 Å². The van der Waals surface area contributed by atoms with E-state index in [1.165, 1.54) is 0 Å². The molecule has 1 saturated heterocycles. The first kappa shape index (κ1) is 10.3. The van der Waals surface area contributed by atoms with Gasteiger partial charge < -0.3 is 9.84 Å². The second-order valence-electron chi connectivity index (χ2n) is 3.11. The zero-order valence-corrected chi connectivity index (χ0v) is 8.17. The zero-order chi connectivity index (χ0) is 8.81. The van der Waals surface area contributed by atoms with Gasteiger partial charge in [0.15, 0.2) is 0 Å². The Morgan fingerprint density at radius 2 is 2.42 bits per heavy atom. The van der Waals surface area contributed by atoms with Crippen molar-refractivity contribution < 1.29 is 9.84 Å². The second-order valence-corrected chi connectivity index (χ2v) is 3.55. The lowest BCUT2D eigenvalue weighted by Gasteiger charge is -2.19. The Balaban J connectivity index is 2.21. The number of thiol groups is 1. The molecule has 0 spiro atoms. The maximum atomic E-state index is 9.37. The van der Waals surface area contributed by atoms with Crippen LogP contribution in [-0.2, 0) is 4.74 Å². The molecule has 1 unspecified atom stereocenters. The molecule has 3 nitrogen and oxygen atoms in total. The van der Waals surface area contributed by atoms with Gasteiger partial charge in [-0.25, -0.2) is 0 Å². The van der Waals surface area contributed by atoms with Crippen LogP contribution in [0.15, 0.2) is 0 Å². The summed E-state index contributed by atoms with van der Waals surface area (Å²) in [6.45, 7) is 3.92. The van der Waals surface area contributed by atoms with Gasteiger partial charge in [-0.2, -0.15) is 12.6 Å². The van der Waals surface area contributed by atoms with Crippen molar-refractivity contribution in [3.8, 4) is 0 Å². The summed E-state index contributed by atoms with van der Waals surface area (Å²) in [4.78, 5) is 2.23. The fraction of sp³-hybridized carbons (Fsp3) is 1.00. The number of β-amino-alcohol motifs (C(OH)–C–C–N with tert-alkyl or cyclic N) is 1. The molecule has 0 radical (unpaired) electrons. The van der Waals surface area contributed by atoms with Gasteiger partial charge in [0.2, 0.25) is 0 Å². The Bertz CT molecular complexity index is 124. The van der Waals surface area contributed by atoms with Crippen LogP contribution in [0.2, 0.25) is 0 Å². The van der Waals surface area contributed by atoms with E-state index in [4.69, 9.17) is 4.74 Å². The van der Waals surface area contributed by atoms with E-state index in [1.54, 1.807) is 0 Å². The Morgan fingerprint density at radius 3 is 3.17 bits per heavy atom. The highest BCUT2D eigenvalue weighted by atomic mass is 32.1. The molecule has 0 amide bonds. The highest BCUT2D eigenvalue weighted by molar-refractivity contribution is 7.80. The lowest BCUT2D eigenvalue weighted by Crippen LogP contribution is -2.33. The molecule has 1 aliphatic heterocycles. The normalized spacial score (nSPS) is 27.0. The van der Waals surface area contributed by atoms with E-state index in [-0.39, 0.29) is 6.10 Å². The van der Waals surface area contributed by atoms with Gasteiger partial charge in [0, 0.05) is 13.1 Å². The predicted octanol–water partition coefficient (Wildman–Crippen LogP) is -0.000600. The number of hydrogen-bond donors (Lipinski definition) is 2. The molecule has 72 valence electrons. The summed E-state index contributed by atoms with van der Waals surface area (Å²) in [7, 11) is 0. The van der Waals surface area contributed by atoms with Gasteiger partial charge in [0.05, 0.1) is 19.3 Å². The molecule has 1 N–H and O–H groups in total. The fourth-order valence-electron chi connectivity index (χ4n) is 1.35. The zero-order valence-electron chi connectivity index (χ0n) is 7.28. The Morgan fingerprint density at radius 1 is 1.58 bits per heavy atom. The van der Waals surface area contributed by atoms with Gasteiger partial charge in [-0.15, -0.1) is 0 Å². The van der Waals surface area contributed by atoms with Gasteiger partial charge in [-0.05, 0) is 18.7 Å². The van der Waals surface area contributed by atoms with Gasteiger partial charge in [0.1, 0.15) is 0 Å². The van der Waals surface area contributed by atoms with Crippen LogP contribution in [-0.4, -0.2) is 54.7 Å². The Kier molecular flexibility index (Phi) is 4.99. The van der Waals surface area contributed by atoms with Crippen molar-refractivity contribution in [1.82, 2.24) is 4.90 Å². The standard InChI is InChI=1S/C8H17NO2S/c10-8-6-9(2-1-5-12)3-4-11-7-8/h8,10,12H,1-7H2. The third-order valence-electron chi connectivity index (χ3n) is 1.96. The molecule has 1 fully saturated rings. The third kappa shape index (κ3) is 3.76. The van der Waals surface area contributed by atoms with E-state index in [2.05, 4.69) is 17.5 Å². The maximum Gasteiger partial charge on any atom is 0.0900 e. The van der Waals surface area contributed by atoms with Crippen molar-refractivity contribution in [2.45, 2.75) is 12.5 Å². The summed E-state index contributed by atoms with van der Waals surface area (Å²) in [5.74, 6) is 0.910. The second kappa shape index (κ2) is 5.80. The quantitative estimate of drug-likeness (QED) is 0.616. The van der Waals surface area contributed by atoms with Crippen LogP contribution in [0, 0.1) is 0 Å². The van der Waals surface area contributed by atoms with Gasteiger partial charge >= 0.3 is 0 Å². The van der Waals surface area contributed by atoms with Crippen molar-refractivity contribution in [3.63, 3.8) is 0 Å². The summed E-state index contributed by atoms with van der Waals surface area (Å²) >= 11 is 4.15. The van der Waals surface area contributed by atoms with Crippen LogP contribution >= 0.6 is 12.6 Å².